The Morgan fingerprint density at radius 3 is 2.27 bits per heavy atom. The van der Waals surface area contributed by atoms with Gasteiger partial charge >= 0.3 is 12.2 Å². The number of nitrogens with zero attached hydrogens (tertiary/aromatic N) is 13. The van der Waals surface area contributed by atoms with Crippen LogP contribution >= 0.6 is 0 Å². The van der Waals surface area contributed by atoms with Crippen molar-refractivity contribution in [3.8, 4) is 30.0 Å². The number of aromatic nitrogens is 5. The van der Waals surface area contributed by atoms with Gasteiger partial charge in [0.15, 0.2) is 5.82 Å². The summed E-state index contributed by atoms with van der Waals surface area (Å²) in [6.45, 7) is 10.7. The van der Waals surface area contributed by atoms with E-state index in [0.29, 0.717) is 63.7 Å². The number of hydrogen-bond acceptors (Lipinski definition) is 14. The highest BCUT2D eigenvalue weighted by molar-refractivity contribution is 5.97. The fourth-order valence-electron chi connectivity index (χ4n) is 11.7. The van der Waals surface area contributed by atoms with Gasteiger partial charge in [0, 0.05) is 93.3 Å². The van der Waals surface area contributed by atoms with Crippen molar-refractivity contribution < 1.29 is 27.5 Å². The smallest absolute Gasteiger partial charge is 0.419 e. The van der Waals surface area contributed by atoms with Crippen LogP contribution in [0.4, 0.5) is 36.3 Å². The van der Waals surface area contributed by atoms with Gasteiger partial charge in [-0.05, 0) is 80.3 Å². The summed E-state index contributed by atoms with van der Waals surface area (Å²) in [7, 11) is 2.08. The molecule has 17 nitrogen and oxygen atoms in total. The van der Waals surface area contributed by atoms with Gasteiger partial charge in [0.2, 0.25) is 5.91 Å². The number of carbonyl (C=O) groups is 2. The first-order valence-electron chi connectivity index (χ1n) is 25.1. The molecule has 74 heavy (non-hydrogen) atoms. The van der Waals surface area contributed by atoms with E-state index in [4.69, 9.17) is 19.8 Å². The van der Waals surface area contributed by atoms with Crippen molar-refractivity contribution in [2.45, 2.75) is 82.3 Å². The van der Waals surface area contributed by atoms with Crippen LogP contribution < -0.4 is 24.3 Å². The van der Waals surface area contributed by atoms with Crippen molar-refractivity contribution in [1.29, 1.82) is 10.5 Å². The average Bonchev–Trinajstić information content (AvgIpc) is 4.02. The molecule has 10 rings (SSSR count). The van der Waals surface area contributed by atoms with Gasteiger partial charge in [-0.3, -0.25) is 19.6 Å². The molecular formula is C54H57F3N14O3. The molecule has 3 saturated heterocycles. The minimum Gasteiger partial charge on any atom is -0.462 e. The number of rotatable bonds is 11. The molecule has 5 aliphatic heterocycles. The molecule has 1 N–H and O–H groups in total. The van der Waals surface area contributed by atoms with Crippen LogP contribution in [0.1, 0.15) is 65.7 Å². The van der Waals surface area contributed by atoms with Crippen molar-refractivity contribution in [2.75, 3.05) is 92.2 Å². The van der Waals surface area contributed by atoms with E-state index in [2.05, 4.69) is 98.8 Å². The van der Waals surface area contributed by atoms with Crippen molar-refractivity contribution in [3.05, 3.63) is 101 Å². The number of benzene rings is 2. The molecule has 5 aromatic rings. The monoisotopic (exact) mass is 1010 g/mol. The number of anilines is 4. The number of hydrogen-bond donors (Lipinski definition) is 1. The molecule has 0 saturated carbocycles. The zero-order chi connectivity index (χ0) is 51.7. The minimum absolute atomic E-state index is 0.00639. The highest BCUT2D eigenvalue weighted by Crippen LogP contribution is 2.42. The molecule has 0 radical (unpaired) electrons. The lowest BCUT2D eigenvalue weighted by Gasteiger charge is -2.42. The van der Waals surface area contributed by atoms with Crippen LogP contribution in [0.5, 0.6) is 6.01 Å². The second-order valence-corrected chi connectivity index (χ2v) is 19.6. The van der Waals surface area contributed by atoms with Crippen LogP contribution in [-0.2, 0) is 41.7 Å². The molecule has 382 valence electrons. The molecule has 2 aromatic carbocycles. The highest BCUT2D eigenvalue weighted by Gasteiger charge is 2.40. The van der Waals surface area contributed by atoms with Gasteiger partial charge in [0.05, 0.1) is 67.1 Å². The number of piperazine rings is 2. The number of alkyl halides is 3. The van der Waals surface area contributed by atoms with Gasteiger partial charge in [-0.15, -0.1) is 0 Å². The minimum atomic E-state index is -4.60. The molecule has 0 spiro atoms. The number of H-pyrrole nitrogens is 1. The second kappa shape index (κ2) is 20.9. The van der Waals surface area contributed by atoms with Gasteiger partial charge in [-0.25, -0.2) is 4.98 Å². The lowest BCUT2D eigenvalue weighted by atomic mass is 9.90. The maximum Gasteiger partial charge on any atom is 0.419 e. The van der Waals surface area contributed by atoms with Gasteiger partial charge in [0.1, 0.15) is 18.2 Å². The molecule has 0 bridgehead atoms. The summed E-state index contributed by atoms with van der Waals surface area (Å²) in [5, 5.41) is 29.8. The van der Waals surface area contributed by atoms with E-state index < -0.39 is 17.8 Å². The van der Waals surface area contributed by atoms with Crippen LogP contribution in [0.2, 0.25) is 0 Å². The number of amides is 2. The summed E-state index contributed by atoms with van der Waals surface area (Å²) in [6.07, 6.45) is 0.258. The maximum absolute atomic E-state index is 14.2. The molecule has 20 heteroatoms. The van der Waals surface area contributed by atoms with Crippen LogP contribution in [0.15, 0.2) is 67.4 Å². The Morgan fingerprint density at radius 2 is 1.53 bits per heavy atom. The molecule has 5 aliphatic rings. The zero-order valence-electron chi connectivity index (χ0n) is 41.5. The number of halogens is 3. The summed E-state index contributed by atoms with van der Waals surface area (Å²) in [5.41, 5.74) is 5.11. The molecule has 0 aliphatic carbocycles. The normalized spacial score (nSPS) is 21.1. The fourth-order valence-corrected chi connectivity index (χ4v) is 11.7. The summed E-state index contributed by atoms with van der Waals surface area (Å²) in [6, 6.07) is 19.2. The van der Waals surface area contributed by atoms with E-state index in [9.17, 15) is 33.3 Å². The van der Waals surface area contributed by atoms with Crippen molar-refractivity contribution in [1.82, 2.24) is 39.8 Å². The predicted molar refractivity (Wildman–Crippen MR) is 272 cm³/mol. The maximum atomic E-state index is 14.2. The van der Waals surface area contributed by atoms with Gasteiger partial charge in [-0.2, -0.15) is 38.8 Å². The second-order valence-electron chi connectivity index (χ2n) is 19.6. The number of ether oxygens (including phenoxy) is 1. The predicted octanol–water partition coefficient (Wildman–Crippen LogP) is 5.83. The Bertz CT molecular complexity index is 3120. The Hall–Kier alpha value is -7.89. The Morgan fingerprint density at radius 1 is 0.811 bits per heavy atom. The number of likely N-dealkylation sites (N-methyl/N-ethyl adjacent to an activating group) is 1. The first-order valence-corrected chi connectivity index (χ1v) is 25.1. The van der Waals surface area contributed by atoms with E-state index in [1.54, 1.807) is 21.6 Å². The Kier molecular flexibility index (Phi) is 14.0. The fraction of sp³-hybridized carbons (Fsp3) is 0.444. The van der Waals surface area contributed by atoms with E-state index in [0.717, 1.165) is 60.1 Å². The van der Waals surface area contributed by atoms with E-state index in [-0.39, 0.29) is 74.2 Å². The molecule has 8 heterocycles. The third kappa shape index (κ3) is 9.72. The first kappa shape index (κ1) is 49.7. The molecule has 4 atom stereocenters. The van der Waals surface area contributed by atoms with E-state index in [1.807, 2.05) is 4.90 Å². The van der Waals surface area contributed by atoms with Gasteiger partial charge < -0.3 is 34.1 Å². The Labute approximate surface area is 427 Å². The number of likely N-dealkylation sites (tertiary alicyclic amines) is 1. The highest BCUT2D eigenvalue weighted by atomic mass is 19.4. The third-order valence-electron chi connectivity index (χ3n) is 15.3. The Balaban J connectivity index is 0.860. The SMILES string of the molecule is C=CC(=O)N1CCN(c2nc(OC[C@@H]3CC(c4ccc(N5CCc6c(N7CCN(C(=O)C#CC)C(CC#N)C7)n[nH]c6C5)c5ccccc45)CN3C)nc3c2CCN(c2ncccc2C(F)(F)F)C3)CC1CC#N. The molecule has 3 fully saturated rings. The van der Waals surface area contributed by atoms with Crippen LogP contribution in [0.25, 0.3) is 10.8 Å². The molecule has 2 amide bonds. The van der Waals surface area contributed by atoms with Crippen LogP contribution in [0.3, 0.4) is 0 Å². The van der Waals surface area contributed by atoms with Gasteiger partial charge in [-0.1, -0.05) is 42.8 Å². The quantitative estimate of drug-likeness (QED) is 0.123. The van der Waals surface area contributed by atoms with Crippen LogP contribution in [0, 0.1) is 34.5 Å². The molecule has 3 aromatic heterocycles. The summed E-state index contributed by atoms with van der Waals surface area (Å²) >= 11 is 0. The average molecular weight is 1010 g/mol. The number of nitriles is 2. The van der Waals surface area contributed by atoms with Crippen molar-refractivity contribution >= 4 is 45.7 Å². The summed E-state index contributed by atoms with van der Waals surface area (Å²) < 4.78 is 49.2. The first-order chi connectivity index (χ1) is 35.9. The number of nitrogens with one attached hydrogen (secondary N) is 1. The third-order valence-corrected chi connectivity index (χ3v) is 15.3. The lowest BCUT2D eigenvalue weighted by Crippen LogP contribution is -2.55. The van der Waals surface area contributed by atoms with Gasteiger partial charge in [0.25, 0.3) is 5.91 Å². The van der Waals surface area contributed by atoms with Crippen molar-refractivity contribution in [3.63, 3.8) is 0 Å². The standard InChI is InChI=1S/C54H57F3N14O3/c1-4-9-49(73)71-27-25-69(31-37(71)16-20-59)51-43-17-22-66(33-46(43)63-64-51)47-14-13-39(40-10-6-7-11-41(40)47)35-28-38(65(3)29-35)34-74-53-61-45-32-67(52-44(54(55,56)57)12-8-21-60-52)23-18-42(45)50(62-53)68-24-26-70(48(72)5-2)36(30-68)15-19-58/h5-8,10-14,21,35-38H,2,15-18,22-34H2,1,3H3,(H,63,64)/t35?,36?,37?,38-/m0/s1. The topological polar surface area (TPSA) is 181 Å². The molecule has 3 unspecified atom stereocenters. The number of fused-ring (bicyclic) bond motifs is 3. The number of pyridine rings is 1. The number of carbonyl (C=O) groups excluding carboxylic acids is 2. The summed E-state index contributed by atoms with van der Waals surface area (Å²) in [5.74, 6) is 6.32. The zero-order valence-corrected chi connectivity index (χ0v) is 41.5. The van der Waals surface area contributed by atoms with Crippen molar-refractivity contribution in [2.24, 2.45) is 0 Å². The molecular weight excluding hydrogens is 950 g/mol. The lowest BCUT2D eigenvalue weighted by molar-refractivity contribution is -0.137. The largest absolute Gasteiger partial charge is 0.462 e. The summed E-state index contributed by atoms with van der Waals surface area (Å²) in [4.78, 5) is 53.4. The van der Waals surface area contributed by atoms with E-state index >= 15 is 0 Å². The van der Waals surface area contributed by atoms with Crippen LogP contribution in [-0.4, -0.2) is 142 Å². The van der Waals surface area contributed by atoms with E-state index in [1.165, 1.54) is 34.9 Å². The number of aromatic amines is 1.